The molecule has 0 spiro atoms. The van der Waals surface area contributed by atoms with Gasteiger partial charge in [0, 0.05) is 32.5 Å². The first-order valence-electron chi connectivity index (χ1n) is 10.6. The van der Waals surface area contributed by atoms with Crippen molar-refractivity contribution in [2.75, 3.05) is 11.9 Å². The molecule has 1 aliphatic carbocycles. The van der Waals surface area contributed by atoms with Gasteiger partial charge < -0.3 is 10.1 Å². The number of nitrogens with one attached hydrogen (secondary N) is 2. The van der Waals surface area contributed by atoms with E-state index in [2.05, 4.69) is 46.1 Å². The third-order valence-corrected chi connectivity index (χ3v) is 7.35. The van der Waals surface area contributed by atoms with Gasteiger partial charge >= 0.3 is 0 Å². The average Bonchev–Trinajstić information content (AvgIpc) is 3.31. The van der Waals surface area contributed by atoms with Crippen molar-refractivity contribution in [3.05, 3.63) is 52.3 Å². The molecule has 1 aromatic carbocycles. The van der Waals surface area contributed by atoms with Crippen LogP contribution in [0, 0.1) is 10.7 Å². The van der Waals surface area contributed by atoms with E-state index in [1.807, 2.05) is 12.1 Å². The molecule has 0 amide bonds. The van der Waals surface area contributed by atoms with Crippen molar-refractivity contribution in [2.24, 2.45) is 0 Å². The van der Waals surface area contributed by atoms with Gasteiger partial charge in [-0.25, -0.2) is 9.67 Å². The molecular formula is C22H28FN5OSSi. The molecule has 3 aromatic rings. The first-order valence-corrected chi connectivity index (χ1v) is 14.7. The summed E-state index contributed by atoms with van der Waals surface area (Å²) in [6.07, 6.45) is 4.60. The number of benzene rings is 1. The third-order valence-electron chi connectivity index (χ3n) is 5.47. The lowest BCUT2D eigenvalue weighted by Crippen LogP contribution is -2.22. The number of rotatable bonds is 8. The lowest BCUT2D eigenvalue weighted by atomic mass is 9.98. The Morgan fingerprint density at radius 2 is 2.10 bits per heavy atom. The van der Waals surface area contributed by atoms with Gasteiger partial charge in [-0.1, -0.05) is 31.8 Å². The van der Waals surface area contributed by atoms with Crippen LogP contribution in [-0.4, -0.2) is 34.4 Å². The molecule has 0 unspecified atom stereocenters. The molecule has 4 rings (SSSR count). The third kappa shape index (κ3) is 5.28. The standard InChI is InChI=1S/C22H28FN5OSSi/c1-31(2,3)12-11-29-14-28-21(26-22(30)27-28)25-20-17-6-4-5-15(17)7-8-18(20)16-9-10-24-19(23)13-16/h7-10,13H,4-6,11-12,14H2,1-3H3,(H2,25,26,27,30). The van der Waals surface area contributed by atoms with E-state index < -0.39 is 14.0 Å². The topological polar surface area (TPSA) is 67.8 Å². The number of pyridine rings is 1. The van der Waals surface area contributed by atoms with Crippen molar-refractivity contribution < 1.29 is 9.13 Å². The molecule has 0 saturated carbocycles. The Bertz CT molecular complexity index is 1140. The maximum absolute atomic E-state index is 13.8. The van der Waals surface area contributed by atoms with Crippen LogP contribution in [0.4, 0.5) is 16.0 Å². The summed E-state index contributed by atoms with van der Waals surface area (Å²) in [5.74, 6) is 0.0940. The highest BCUT2D eigenvalue weighted by Gasteiger charge is 2.21. The van der Waals surface area contributed by atoms with E-state index in [0.29, 0.717) is 24.1 Å². The molecule has 0 aliphatic heterocycles. The van der Waals surface area contributed by atoms with E-state index in [0.717, 1.165) is 42.1 Å². The molecule has 0 radical (unpaired) electrons. The number of ether oxygens (including phenoxy) is 1. The minimum absolute atomic E-state index is 0.338. The maximum Gasteiger partial charge on any atom is 0.227 e. The number of anilines is 2. The van der Waals surface area contributed by atoms with E-state index in [9.17, 15) is 4.39 Å². The number of fused-ring (bicyclic) bond motifs is 1. The molecule has 0 saturated heterocycles. The van der Waals surface area contributed by atoms with Gasteiger partial charge in [0.05, 0.1) is 5.69 Å². The first kappa shape index (κ1) is 21.9. The number of aryl methyl sites for hydroxylation is 1. The Hall–Kier alpha value is -2.36. The summed E-state index contributed by atoms with van der Waals surface area (Å²) in [4.78, 5) is 8.16. The van der Waals surface area contributed by atoms with E-state index in [1.165, 1.54) is 23.4 Å². The minimum atomic E-state index is -1.16. The summed E-state index contributed by atoms with van der Waals surface area (Å²) in [6.45, 7) is 8.02. The molecule has 9 heteroatoms. The van der Waals surface area contributed by atoms with E-state index in [1.54, 1.807) is 4.68 Å². The Morgan fingerprint density at radius 1 is 1.26 bits per heavy atom. The van der Waals surface area contributed by atoms with Crippen LogP contribution in [0.2, 0.25) is 25.7 Å². The Morgan fingerprint density at radius 3 is 2.87 bits per heavy atom. The maximum atomic E-state index is 13.8. The van der Waals surface area contributed by atoms with Crippen LogP contribution in [0.25, 0.3) is 11.1 Å². The number of hydrogen-bond acceptors (Lipinski definition) is 5. The van der Waals surface area contributed by atoms with Crippen LogP contribution in [0.1, 0.15) is 17.5 Å². The average molecular weight is 458 g/mol. The molecule has 2 heterocycles. The van der Waals surface area contributed by atoms with Gasteiger partial charge in [0.25, 0.3) is 0 Å². The second-order valence-electron chi connectivity index (χ2n) is 9.10. The zero-order valence-corrected chi connectivity index (χ0v) is 20.0. The molecule has 2 N–H and O–H groups in total. The zero-order chi connectivity index (χ0) is 22.0. The Kier molecular flexibility index (Phi) is 6.36. The molecule has 6 nitrogen and oxygen atoms in total. The number of H-pyrrole nitrogens is 1. The van der Waals surface area contributed by atoms with Crippen molar-refractivity contribution >= 4 is 31.9 Å². The van der Waals surface area contributed by atoms with Gasteiger partial charge in [0.2, 0.25) is 16.7 Å². The fraction of sp³-hybridized carbons (Fsp3) is 0.409. The minimum Gasteiger partial charge on any atom is -0.359 e. The molecule has 0 bridgehead atoms. The Labute approximate surface area is 187 Å². The summed E-state index contributed by atoms with van der Waals surface area (Å²) in [5, 5.41) is 6.55. The van der Waals surface area contributed by atoms with Crippen molar-refractivity contribution in [2.45, 2.75) is 51.7 Å². The largest absolute Gasteiger partial charge is 0.359 e. The van der Waals surface area contributed by atoms with Gasteiger partial charge in [0.15, 0.2) is 0 Å². The molecule has 164 valence electrons. The second-order valence-corrected chi connectivity index (χ2v) is 15.1. The smallest absolute Gasteiger partial charge is 0.227 e. The lowest BCUT2D eigenvalue weighted by molar-refractivity contribution is 0.0798. The van der Waals surface area contributed by atoms with Crippen LogP contribution in [-0.2, 0) is 24.3 Å². The second kappa shape index (κ2) is 9.02. The highest BCUT2D eigenvalue weighted by molar-refractivity contribution is 7.71. The molecule has 0 fully saturated rings. The van der Waals surface area contributed by atoms with Crippen molar-refractivity contribution in [1.29, 1.82) is 0 Å². The van der Waals surface area contributed by atoms with Crippen molar-refractivity contribution in [1.82, 2.24) is 19.7 Å². The van der Waals surface area contributed by atoms with Gasteiger partial charge in [-0.05, 0) is 60.3 Å². The number of halogens is 1. The molecule has 2 aromatic heterocycles. The summed E-state index contributed by atoms with van der Waals surface area (Å²) in [5.41, 5.74) is 5.19. The van der Waals surface area contributed by atoms with Crippen molar-refractivity contribution in [3.63, 3.8) is 0 Å². The monoisotopic (exact) mass is 457 g/mol. The predicted octanol–water partition coefficient (Wildman–Crippen LogP) is 5.69. The summed E-state index contributed by atoms with van der Waals surface area (Å²) < 4.78 is 21.9. The van der Waals surface area contributed by atoms with E-state index in [4.69, 9.17) is 17.0 Å². The Balaban J connectivity index is 1.64. The lowest BCUT2D eigenvalue weighted by Gasteiger charge is -2.18. The van der Waals surface area contributed by atoms with Gasteiger partial charge in [-0.2, -0.15) is 9.37 Å². The molecule has 31 heavy (non-hydrogen) atoms. The summed E-state index contributed by atoms with van der Waals surface area (Å²) in [7, 11) is -1.16. The highest BCUT2D eigenvalue weighted by Crippen LogP contribution is 2.38. The highest BCUT2D eigenvalue weighted by atomic mass is 32.1. The summed E-state index contributed by atoms with van der Waals surface area (Å²) in [6, 6.07) is 8.55. The SMILES string of the molecule is C[Si](C)(C)CCOCn1[nH]c(=S)nc1Nc1c(-c2ccnc(F)c2)ccc2c1CCC2. The molecular weight excluding hydrogens is 429 g/mol. The van der Waals surface area contributed by atoms with Crippen LogP contribution >= 0.6 is 12.2 Å². The first-order chi connectivity index (χ1) is 14.8. The number of nitrogens with zero attached hydrogens (tertiary/aromatic N) is 3. The van der Waals surface area contributed by atoms with Crippen LogP contribution in [0.3, 0.4) is 0 Å². The quantitative estimate of drug-likeness (QED) is 0.197. The summed E-state index contributed by atoms with van der Waals surface area (Å²) >= 11 is 5.28. The number of aromatic amines is 1. The predicted molar refractivity (Wildman–Crippen MR) is 126 cm³/mol. The van der Waals surface area contributed by atoms with Crippen LogP contribution in [0.15, 0.2) is 30.5 Å². The molecule has 1 aliphatic rings. The fourth-order valence-corrected chi connectivity index (χ4v) is 4.76. The fourth-order valence-electron chi connectivity index (χ4n) is 3.80. The van der Waals surface area contributed by atoms with Crippen LogP contribution < -0.4 is 5.32 Å². The zero-order valence-electron chi connectivity index (χ0n) is 18.2. The van der Waals surface area contributed by atoms with Gasteiger partial charge in [0.1, 0.15) is 6.73 Å². The van der Waals surface area contributed by atoms with Gasteiger partial charge in [-0.3, -0.25) is 5.10 Å². The van der Waals surface area contributed by atoms with Crippen LogP contribution in [0.5, 0.6) is 0 Å². The number of aromatic nitrogens is 4. The normalized spacial score (nSPS) is 13.4. The van der Waals surface area contributed by atoms with E-state index in [-0.39, 0.29) is 0 Å². The van der Waals surface area contributed by atoms with Crippen molar-refractivity contribution in [3.8, 4) is 11.1 Å². The van der Waals surface area contributed by atoms with E-state index >= 15 is 0 Å². The molecule has 0 atom stereocenters. The number of hydrogen-bond donors (Lipinski definition) is 2. The van der Waals surface area contributed by atoms with Gasteiger partial charge in [-0.15, -0.1) is 0 Å².